The Kier molecular flexibility index (Phi) is 5.13. The number of hydrogen-bond acceptors (Lipinski definition) is 0. The molecule has 0 saturated carbocycles. The molecule has 0 atom stereocenters. The van der Waals surface area contributed by atoms with Crippen molar-refractivity contribution in [3.63, 3.8) is 0 Å². The molecular formula is C24H32N+. The van der Waals surface area contributed by atoms with Crippen molar-refractivity contribution in [2.24, 2.45) is 0 Å². The molecule has 3 rings (SSSR count). The molecule has 1 heteroatoms. The van der Waals surface area contributed by atoms with Crippen molar-refractivity contribution in [2.45, 2.75) is 71.8 Å². The molecule has 1 aliphatic rings. The maximum Gasteiger partial charge on any atom is 0.214 e. The number of allylic oxidation sites excluding steroid dienone is 1. The Morgan fingerprint density at radius 1 is 0.960 bits per heavy atom. The Hall–Kier alpha value is -1.89. The maximum absolute atomic E-state index is 4.56. The Labute approximate surface area is 153 Å². The molecular weight excluding hydrogens is 302 g/mol. The second kappa shape index (κ2) is 7.15. The smallest absolute Gasteiger partial charge is 0.189 e. The van der Waals surface area contributed by atoms with Crippen molar-refractivity contribution in [1.82, 2.24) is 0 Å². The monoisotopic (exact) mass is 334 g/mol. The second-order valence-corrected chi connectivity index (χ2v) is 7.51. The van der Waals surface area contributed by atoms with Gasteiger partial charge < -0.3 is 0 Å². The highest BCUT2D eigenvalue weighted by atomic mass is 15.1. The zero-order valence-corrected chi connectivity index (χ0v) is 16.4. The first-order valence-electron chi connectivity index (χ1n) is 9.93. The summed E-state index contributed by atoms with van der Waals surface area (Å²) in [6, 6.07) is 11.6. The van der Waals surface area contributed by atoms with E-state index in [2.05, 4.69) is 75.4 Å². The van der Waals surface area contributed by atoms with Crippen molar-refractivity contribution in [3.05, 3.63) is 59.8 Å². The van der Waals surface area contributed by atoms with Crippen molar-refractivity contribution in [2.75, 3.05) is 0 Å². The predicted octanol–water partition coefficient (Wildman–Crippen LogP) is 6.22. The third kappa shape index (κ3) is 2.94. The van der Waals surface area contributed by atoms with Crippen LogP contribution in [0.2, 0.25) is 0 Å². The molecule has 2 aromatic rings. The van der Waals surface area contributed by atoms with E-state index >= 15 is 0 Å². The minimum Gasteiger partial charge on any atom is -0.189 e. The lowest BCUT2D eigenvalue weighted by Crippen LogP contribution is -2.59. The fourth-order valence-electron chi connectivity index (χ4n) is 4.40. The van der Waals surface area contributed by atoms with Gasteiger partial charge in [-0.1, -0.05) is 52.3 Å². The number of benzene rings is 1. The molecule has 2 heterocycles. The first-order chi connectivity index (χ1) is 12.1. The van der Waals surface area contributed by atoms with E-state index in [0.29, 0.717) is 0 Å². The Morgan fingerprint density at radius 2 is 1.72 bits per heavy atom. The van der Waals surface area contributed by atoms with E-state index < -0.39 is 0 Å². The number of unbranched alkanes of at least 4 members (excludes halogenated alkanes) is 2. The minimum atomic E-state index is -0.000238. The molecule has 132 valence electrons. The van der Waals surface area contributed by atoms with Crippen LogP contribution in [0, 0.1) is 6.92 Å². The summed E-state index contributed by atoms with van der Waals surface area (Å²) in [5.74, 6) is 0. The zero-order valence-electron chi connectivity index (χ0n) is 16.4. The molecule has 0 fully saturated rings. The average Bonchev–Trinajstić information content (AvgIpc) is 2.63. The summed E-state index contributed by atoms with van der Waals surface area (Å²) in [5.41, 5.74) is 8.10. The minimum absolute atomic E-state index is 0.000238. The number of aromatic nitrogens is 1. The predicted molar refractivity (Wildman–Crippen MR) is 108 cm³/mol. The molecule has 0 aliphatic carbocycles. The Morgan fingerprint density at radius 3 is 2.40 bits per heavy atom. The molecule has 0 unspecified atom stereocenters. The maximum atomic E-state index is 4.56. The van der Waals surface area contributed by atoms with Gasteiger partial charge in [-0.15, -0.1) is 0 Å². The van der Waals surface area contributed by atoms with Gasteiger partial charge in [0.1, 0.15) is 0 Å². The molecule has 1 aliphatic heterocycles. The topological polar surface area (TPSA) is 3.88 Å². The second-order valence-electron chi connectivity index (χ2n) is 7.51. The van der Waals surface area contributed by atoms with Gasteiger partial charge in [0, 0.05) is 30.5 Å². The summed E-state index contributed by atoms with van der Waals surface area (Å²) in [7, 11) is 0. The van der Waals surface area contributed by atoms with E-state index in [0.717, 1.165) is 12.8 Å². The van der Waals surface area contributed by atoms with E-state index in [1.807, 2.05) is 0 Å². The fourth-order valence-corrected chi connectivity index (χ4v) is 4.40. The summed E-state index contributed by atoms with van der Waals surface area (Å²) in [4.78, 5) is 0. The van der Waals surface area contributed by atoms with Gasteiger partial charge in [0.2, 0.25) is 5.69 Å². The molecule has 1 aromatic heterocycles. The van der Waals surface area contributed by atoms with Crippen LogP contribution in [-0.2, 0) is 12.0 Å². The molecule has 0 N–H and O–H groups in total. The van der Waals surface area contributed by atoms with Crippen LogP contribution in [0.1, 0.15) is 69.6 Å². The van der Waals surface area contributed by atoms with Crippen molar-refractivity contribution in [3.8, 4) is 11.3 Å². The van der Waals surface area contributed by atoms with E-state index in [1.165, 1.54) is 59.2 Å². The van der Waals surface area contributed by atoms with Gasteiger partial charge in [0.25, 0.3) is 0 Å². The van der Waals surface area contributed by atoms with Crippen molar-refractivity contribution < 1.29 is 4.57 Å². The third-order valence-electron chi connectivity index (χ3n) is 6.06. The molecule has 1 nitrogen and oxygen atoms in total. The lowest BCUT2D eigenvalue weighted by atomic mass is 9.75. The Bertz CT molecular complexity index is 781. The van der Waals surface area contributed by atoms with Crippen molar-refractivity contribution >= 4 is 5.57 Å². The van der Waals surface area contributed by atoms with Crippen LogP contribution in [0.25, 0.3) is 16.8 Å². The summed E-state index contributed by atoms with van der Waals surface area (Å²) in [5, 5.41) is 0. The standard InChI is InChI=1S/C24H32N/c1-6-9-10-11-20-12-13-21-19(5)24(7-2,8-3)25-15-14-18(4)16-23(25)22(21)17-20/h12-17H,5-11H2,1-4H3/q+1. The summed E-state index contributed by atoms with van der Waals surface area (Å²) in [6.07, 6.45) is 9.44. The SMILES string of the molecule is C=C1c2ccc(CCCCC)cc2-c2cc(C)cc[n+]2C1(CC)CC. The molecule has 25 heavy (non-hydrogen) atoms. The van der Waals surface area contributed by atoms with Crippen LogP contribution in [0.5, 0.6) is 0 Å². The highest BCUT2D eigenvalue weighted by Gasteiger charge is 2.46. The van der Waals surface area contributed by atoms with Crippen LogP contribution < -0.4 is 4.57 Å². The fraction of sp³-hybridized carbons (Fsp3) is 0.458. The van der Waals surface area contributed by atoms with E-state index in [-0.39, 0.29) is 5.54 Å². The number of nitrogens with zero attached hydrogens (tertiary/aromatic N) is 1. The lowest BCUT2D eigenvalue weighted by Gasteiger charge is -2.35. The normalized spacial score (nSPS) is 15.0. The van der Waals surface area contributed by atoms with Crippen LogP contribution in [0.3, 0.4) is 0 Å². The van der Waals surface area contributed by atoms with Gasteiger partial charge >= 0.3 is 0 Å². The van der Waals surface area contributed by atoms with Gasteiger partial charge in [-0.05, 0) is 42.5 Å². The zero-order chi connectivity index (χ0) is 18.0. The first-order valence-corrected chi connectivity index (χ1v) is 9.93. The lowest BCUT2D eigenvalue weighted by molar-refractivity contribution is -0.741. The number of pyridine rings is 1. The molecule has 0 radical (unpaired) electrons. The average molecular weight is 335 g/mol. The number of fused-ring (bicyclic) bond motifs is 3. The van der Waals surface area contributed by atoms with E-state index in [1.54, 1.807) is 0 Å². The van der Waals surface area contributed by atoms with Crippen molar-refractivity contribution in [1.29, 1.82) is 0 Å². The van der Waals surface area contributed by atoms with Gasteiger partial charge in [-0.3, -0.25) is 0 Å². The van der Waals surface area contributed by atoms with Gasteiger partial charge in [-0.2, -0.15) is 4.57 Å². The quantitative estimate of drug-likeness (QED) is 0.436. The van der Waals surface area contributed by atoms with Crippen LogP contribution in [-0.4, -0.2) is 0 Å². The van der Waals surface area contributed by atoms with Crippen LogP contribution in [0.15, 0.2) is 43.1 Å². The first kappa shape index (κ1) is 17.9. The highest BCUT2D eigenvalue weighted by Crippen LogP contribution is 2.43. The van der Waals surface area contributed by atoms with Gasteiger partial charge in [0.15, 0.2) is 11.7 Å². The number of aryl methyl sites for hydroxylation is 2. The molecule has 0 bridgehead atoms. The summed E-state index contributed by atoms with van der Waals surface area (Å²) < 4.78 is 2.49. The largest absolute Gasteiger partial charge is 0.214 e. The highest BCUT2D eigenvalue weighted by molar-refractivity contribution is 5.83. The summed E-state index contributed by atoms with van der Waals surface area (Å²) >= 11 is 0. The van der Waals surface area contributed by atoms with Crippen LogP contribution >= 0.6 is 0 Å². The molecule has 0 saturated heterocycles. The van der Waals surface area contributed by atoms with Gasteiger partial charge in [0.05, 0.1) is 5.56 Å². The third-order valence-corrected chi connectivity index (χ3v) is 6.06. The molecule has 0 amide bonds. The van der Waals surface area contributed by atoms with E-state index in [9.17, 15) is 0 Å². The van der Waals surface area contributed by atoms with E-state index in [4.69, 9.17) is 0 Å². The number of rotatable bonds is 6. The number of hydrogen-bond donors (Lipinski definition) is 0. The summed E-state index contributed by atoms with van der Waals surface area (Å²) in [6.45, 7) is 13.6. The van der Waals surface area contributed by atoms with Crippen LogP contribution in [0.4, 0.5) is 0 Å². The van der Waals surface area contributed by atoms with Gasteiger partial charge in [-0.25, -0.2) is 0 Å². The molecule has 0 spiro atoms. The molecule has 1 aromatic carbocycles. The Balaban J connectivity index is 2.15.